The van der Waals surface area contributed by atoms with Crippen LogP contribution in [0.25, 0.3) is 0 Å². The summed E-state index contributed by atoms with van der Waals surface area (Å²) >= 11 is 0. The summed E-state index contributed by atoms with van der Waals surface area (Å²) in [6.07, 6.45) is 0. The van der Waals surface area contributed by atoms with Gasteiger partial charge in [0.25, 0.3) is 15.9 Å². The van der Waals surface area contributed by atoms with Gasteiger partial charge in [0.05, 0.1) is 11.5 Å². The molecule has 0 aliphatic carbocycles. The van der Waals surface area contributed by atoms with Crippen LogP contribution >= 0.6 is 0 Å². The van der Waals surface area contributed by atoms with Gasteiger partial charge in [0.15, 0.2) is 0 Å². The van der Waals surface area contributed by atoms with Crippen molar-refractivity contribution in [3.05, 3.63) is 59.4 Å². The Morgan fingerprint density at radius 3 is 2.39 bits per heavy atom. The molecule has 0 saturated carbocycles. The van der Waals surface area contributed by atoms with Crippen molar-refractivity contribution < 1.29 is 27.1 Å². The number of benzene rings is 2. The molecule has 0 fully saturated rings. The van der Waals surface area contributed by atoms with E-state index >= 15 is 0 Å². The van der Waals surface area contributed by atoms with Crippen LogP contribution in [-0.2, 0) is 19.6 Å². The van der Waals surface area contributed by atoms with Gasteiger partial charge in [-0.05, 0) is 62.7 Å². The van der Waals surface area contributed by atoms with Crippen LogP contribution in [0, 0.1) is 12.7 Å². The lowest BCUT2D eigenvalue weighted by Crippen LogP contribution is -2.39. The van der Waals surface area contributed by atoms with Gasteiger partial charge in [-0.1, -0.05) is 6.07 Å². The molecule has 0 bridgehead atoms. The molecule has 7 nitrogen and oxygen atoms in total. The quantitative estimate of drug-likeness (QED) is 0.686. The van der Waals surface area contributed by atoms with E-state index in [-0.39, 0.29) is 22.8 Å². The fourth-order valence-electron chi connectivity index (χ4n) is 2.35. The second kappa shape index (κ2) is 8.83. The second-order valence-corrected chi connectivity index (χ2v) is 7.72. The molecule has 2 aromatic carbocycles. The van der Waals surface area contributed by atoms with E-state index in [1.165, 1.54) is 37.3 Å². The minimum Gasteiger partial charge on any atom is -0.464 e. The molecule has 1 amide bonds. The predicted molar refractivity (Wildman–Crippen MR) is 102 cm³/mol. The van der Waals surface area contributed by atoms with Crippen molar-refractivity contribution in [2.45, 2.75) is 31.7 Å². The lowest BCUT2D eigenvalue weighted by Gasteiger charge is -2.15. The first-order valence-corrected chi connectivity index (χ1v) is 9.99. The van der Waals surface area contributed by atoms with Crippen LogP contribution < -0.4 is 10.0 Å². The molecule has 28 heavy (non-hydrogen) atoms. The minimum atomic E-state index is -4.00. The lowest BCUT2D eigenvalue weighted by molar-refractivity contribution is -0.144. The highest BCUT2D eigenvalue weighted by Gasteiger charge is 2.21. The highest BCUT2D eigenvalue weighted by molar-refractivity contribution is 7.92. The number of aryl methyl sites for hydroxylation is 1. The number of rotatable bonds is 7. The third kappa shape index (κ3) is 5.29. The maximum Gasteiger partial charge on any atom is 0.328 e. The number of carbonyl (C=O) groups is 2. The second-order valence-electron chi connectivity index (χ2n) is 6.04. The predicted octanol–water partition coefficient (Wildman–Crippen LogP) is 2.62. The molecule has 0 heterocycles. The summed E-state index contributed by atoms with van der Waals surface area (Å²) in [6.45, 7) is 4.95. The van der Waals surface area contributed by atoms with E-state index in [2.05, 4.69) is 10.0 Å². The SMILES string of the molecule is CCOC(=O)C(C)NC(=O)c1cc(S(=O)(=O)Nc2ccc(F)cc2)ccc1C. The zero-order valence-corrected chi connectivity index (χ0v) is 16.5. The number of hydrogen-bond donors (Lipinski definition) is 2. The van der Waals surface area contributed by atoms with Crippen molar-refractivity contribution in [1.29, 1.82) is 0 Å². The van der Waals surface area contributed by atoms with Crippen LogP contribution in [0.5, 0.6) is 0 Å². The fraction of sp³-hybridized carbons (Fsp3) is 0.263. The van der Waals surface area contributed by atoms with Crippen molar-refractivity contribution in [3.8, 4) is 0 Å². The standard InChI is InChI=1S/C19H21FN2O5S/c1-4-27-19(24)13(3)21-18(23)17-11-16(10-5-12(17)2)28(25,26)22-15-8-6-14(20)7-9-15/h5-11,13,22H,4H2,1-3H3,(H,21,23). The van der Waals surface area contributed by atoms with Gasteiger partial charge in [-0.15, -0.1) is 0 Å². The van der Waals surface area contributed by atoms with Gasteiger partial charge in [0, 0.05) is 11.3 Å². The van der Waals surface area contributed by atoms with Gasteiger partial charge < -0.3 is 10.1 Å². The molecule has 0 aromatic heterocycles. The number of hydrogen-bond acceptors (Lipinski definition) is 5. The van der Waals surface area contributed by atoms with E-state index in [4.69, 9.17) is 4.74 Å². The summed E-state index contributed by atoms with van der Waals surface area (Å²) in [5, 5.41) is 2.49. The van der Waals surface area contributed by atoms with Crippen molar-refractivity contribution in [1.82, 2.24) is 5.32 Å². The minimum absolute atomic E-state index is 0.109. The molecule has 0 spiro atoms. The molecule has 0 aliphatic rings. The van der Waals surface area contributed by atoms with Gasteiger partial charge in [-0.25, -0.2) is 17.6 Å². The van der Waals surface area contributed by atoms with Crippen molar-refractivity contribution in [3.63, 3.8) is 0 Å². The molecule has 1 unspecified atom stereocenters. The first-order chi connectivity index (χ1) is 13.1. The zero-order chi connectivity index (χ0) is 20.9. The summed E-state index contributed by atoms with van der Waals surface area (Å²) in [6, 6.07) is 8.01. The largest absolute Gasteiger partial charge is 0.464 e. The van der Waals surface area contributed by atoms with Gasteiger partial charge in [0.2, 0.25) is 0 Å². The van der Waals surface area contributed by atoms with Crippen molar-refractivity contribution in [2.24, 2.45) is 0 Å². The molecule has 0 saturated heterocycles. The number of anilines is 1. The van der Waals surface area contributed by atoms with Crippen LogP contribution in [0.15, 0.2) is 47.4 Å². The highest BCUT2D eigenvalue weighted by atomic mass is 32.2. The first kappa shape index (κ1) is 21.4. The van der Waals surface area contributed by atoms with Gasteiger partial charge in [-0.2, -0.15) is 0 Å². The van der Waals surface area contributed by atoms with E-state index in [1.54, 1.807) is 13.8 Å². The molecule has 0 aliphatic heterocycles. The third-order valence-corrected chi connectivity index (χ3v) is 5.23. The van der Waals surface area contributed by atoms with Crippen LogP contribution in [0.2, 0.25) is 0 Å². The molecular formula is C19H21FN2O5S. The number of carbonyl (C=O) groups excluding carboxylic acids is 2. The Balaban J connectivity index is 2.25. The first-order valence-electron chi connectivity index (χ1n) is 8.50. The van der Waals surface area contributed by atoms with E-state index in [0.29, 0.717) is 5.56 Å². The molecule has 1 atom stereocenters. The summed E-state index contributed by atoms with van der Waals surface area (Å²) < 4.78 is 45.3. The molecule has 0 radical (unpaired) electrons. The van der Waals surface area contributed by atoms with Crippen molar-refractivity contribution >= 4 is 27.6 Å². The zero-order valence-electron chi connectivity index (χ0n) is 15.7. The topological polar surface area (TPSA) is 102 Å². The van der Waals surface area contributed by atoms with E-state index in [9.17, 15) is 22.4 Å². The molecule has 150 valence electrons. The van der Waals surface area contributed by atoms with Crippen LogP contribution in [-0.4, -0.2) is 32.9 Å². The molecule has 2 N–H and O–H groups in total. The van der Waals surface area contributed by atoms with E-state index in [0.717, 1.165) is 12.1 Å². The average Bonchev–Trinajstić information content (AvgIpc) is 2.63. The summed E-state index contributed by atoms with van der Waals surface area (Å²) in [5.41, 5.74) is 0.830. The Bertz CT molecular complexity index is 974. The number of esters is 1. The van der Waals surface area contributed by atoms with Gasteiger partial charge in [0.1, 0.15) is 11.9 Å². The maximum atomic E-state index is 13.0. The Morgan fingerprint density at radius 2 is 1.79 bits per heavy atom. The Morgan fingerprint density at radius 1 is 1.14 bits per heavy atom. The smallest absolute Gasteiger partial charge is 0.328 e. The molecule has 2 rings (SSSR count). The normalized spacial score (nSPS) is 12.1. The van der Waals surface area contributed by atoms with Gasteiger partial charge in [-0.3, -0.25) is 9.52 Å². The summed E-state index contributed by atoms with van der Waals surface area (Å²) in [5.74, 6) is -1.68. The molecule has 2 aromatic rings. The number of ether oxygens (including phenoxy) is 1. The van der Waals surface area contributed by atoms with E-state index in [1.807, 2.05) is 0 Å². The highest BCUT2D eigenvalue weighted by Crippen LogP contribution is 2.20. The van der Waals surface area contributed by atoms with Gasteiger partial charge >= 0.3 is 5.97 Å². The van der Waals surface area contributed by atoms with Crippen LogP contribution in [0.1, 0.15) is 29.8 Å². The Kier molecular flexibility index (Phi) is 6.74. The lowest BCUT2D eigenvalue weighted by atomic mass is 10.1. The Hall–Kier alpha value is -2.94. The Labute approximate surface area is 163 Å². The van der Waals surface area contributed by atoms with E-state index < -0.39 is 33.8 Å². The summed E-state index contributed by atoms with van der Waals surface area (Å²) in [7, 11) is -4.00. The maximum absolute atomic E-state index is 13.0. The average molecular weight is 408 g/mol. The molecular weight excluding hydrogens is 387 g/mol. The van der Waals surface area contributed by atoms with Crippen LogP contribution in [0.4, 0.5) is 10.1 Å². The number of amides is 1. The fourth-order valence-corrected chi connectivity index (χ4v) is 3.43. The third-order valence-electron chi connectivity index (χ3n) is 3.85. The summed E-state index contributed by atoms with van der Waals surface area (Å²) in [4.78, 5) is 24.0. The number of halogens is 1. The molecule has 9 heteroatoms. The monoisotopic (exact) mass is 408 g/mol. The van der Waals surface area contributed by atoms with Crippen LogP contribution in [0.3, 0.4) is 0 Å². The number of sulfonamides is 1. The number of nitrogens with one attached hydrogen (secondary N) is 2. The van der Waals surface area contributed by atoms with Crippen molar-refractivity contribution in [2.75, 3.05) is 11.3 Å².